The molecule has 4 rings (SSSR count). The lowest BCUT2D eigenvalue weighted by atomic mass is 10.0. The number of nitriles is 1. The minimum absolute atomic E-state index is 0.0878. The molecule has 0 aliphatic heterocycles. The first kappa shape index (κ1) is 21.4. The number of aliphatic hydroxyl groups excluding tert-OH is 1. The van der Waals surface area contributed by atoms with E-state index in [1.807, 2.05) is 23.5 Å². The smallest absolute Gasteiger partial charge is 0.262 e. The molecule has 0 radical (unpaired) electrons. The lowest BCUT2D eigenvalue weighted by Gasteiger charge is -2.16. The second-order valence-electron chi connectivity index (χ2n) is 6.94. The highest BCUT2D eigenvalue weighted by Crippen LogP contribution is 2.39. The van der Waals surface area contributed by atoms with Crippen molar-refractivity contribution in [3.63, 3.8) is 0 Å². The Bertz CT molecular complexity index is 1320. The highest BCUT2D eigenvalue weighted by atomic mass is 32.1. The molecule has 0 aliphatic rings. The number of fused-ring (bicyclic) bond motifs is 1. The molecule has 0 aliphatic carbocycles. The Balaban J connectivity index is 1.71. The average molecular weight is 449 g/mol. The normalized spacial score (nSPS) is 11.8. The number of carbonyl (C=O) groups excluding carboxylic acids is 1. The van der Waals surface area contributed by atoms with E-state index in [0.717, 1.165) is 16.1 Å². The third-order valence-corrected chi connectivity index (χ3v) is 5.99. The summed E-state index contributed by atoms with van der Waals surface area (Å²) in [6.07, 6.45) is 3.00. The van der Waals surface area contributed by atoms with Crippen LogP contribution in [0.2, 0.25) is 0 Å². The molecule has 9 heteroatoms. The molecule has 0 saturated heterocycles. The van der Waals surface area contributed by atoms with Crippen LogP contribution in [0.25, 0.3) is 16.2 Å². The number of nitrogens with two attached hydrogens (primary N) is 1. The number of amides is 1. The van der Waals surface area contributed by atoms with E-state index in [4.69, 9.17) is 20.3 Å². The minimum atomic E-state index is -0.599. The second-order valence-corrected chi connectivity index (χ2v) is 7.99. The number of nitrogens with zero attached hydrogens (tertiary/aromatic N) is 3. The zero-order chi connectivity index (χ0) is 22.7. The molecule has 4 aromatic rings. The van der Waals surface area contributed by atoms with Gasteiger partial charge in [-0.15, -0.1) is 11.3 Å². The van der Waals surface area contributed by atoms with Gasteiger partial charge in [0.25, 0.3) is 5.91 Å². The predicted octanol–water partition coefficient (Wildman–Crippen LogP) is 3.54. The van der Waals surface area contributed by atoms with Crippen molar-refractivity contribution in [1.29, 1.82) is 5.26 Å². The summed E-state index contributed by atoms with van der Waals surface area (Å²) in [6.45, 7) is 1.91. The number of rotatable bonds is 8. The number of carbonyl (C=O) groups is 1. The van der Waals surface area contributed by atoms with Crippen molar-refractivity contribution in [1.82, 2.24) is 9.38 Å². The average Bonchev–Trinajstić information content (AvgIpc) is 3.41. The van der Waals surface area contributed by atoms with Gasteiger partial charge in [-0.25, -0.2) is 4.98 Å². The van der Waals surface area contributed by atoms with Crippen LogP contribution < -0.4 is 15.2 Å². The number of imidazole rings is 1. The number of ether oxygens (including phenoxy) is 2. The Morgan fingerprint density at radius 1 is 1.34 bits per heavy atom. The van der Waals surface area contributed by atoms with Gasteiger partial charge in [-0.2, -0.15) is 5.26 Å². The largest absolute Gasteiger partial charge is 0.490 e. The summed E-state index contributed by atoms with van der Waals surface area (Å²) in [5.41, 5.74) is 8.28. The van der Waals surface area contributed by atoms with Crippen molar-refractivity contribution >= 4 is 22.9 Å². The van der Waals surface area contributed by atoms with Crippen molar-refractivity contribution in [3.8, 4) is 28.1 Å². The molecular formula is C23H20N4O4S. The van der Waals surface area contributed by atoms with Crippen LogP contribution in [0.4, 0.5) is 0 Å². The molecule has 0 spiro atoms. The van der Waals surface area contributed by atoms with Gasteiger partial charge >= 0.3 is 0 Å². The Morgan fingerprint density at radius 2 is 2.16 bits per heavy atom. The number of pyridine rings is 1. The fraction of sp³-hybridized carbons (Fsp3) is 0.174. The maximum Gasteiger partial charge on any atom is 0.262 e. The van der Waals surface area contributed by atoms with Crippen molar-refractivity contribution in [2.75, 3.05) is 13.2 Å². The van der Waals surface area contributed by atoms with Crippen LogP contribution in [-0.4, -0.2) is 33.6 Å². The van der Waals surface area contributed by atoms with E-state index in [-0.39, 0.29) is 18.1 Å². The summed E-state index contributed by atoms with van der Waals surface area (Å²) in [5.74, 6) is 0.328. The highest BCUT2D eigenvalue weighted by Gasteiger charge is 2.21. The summed E-state index contributed by atoms with van der Waals surface area (Å²) in [5, 5.41) is 18.4. The Hall–Kier alpha value is -3.87. The summed E-state index contributed by atoms with van der Waals surface area (Å²) in [4.78, 5) is 17.5. The Kier molecular flexibility index (Phi) is 6.07. The molecule has 0 saturated carbocycles. The van der Waals surface area contributed by atoms with Crippen LogP contribution in [-0.2, 0) is 0 Å². The summed E-state index contributed by atoms with van der Waals surface area (Å²) >= 11 is 1.20. The topological polar surface area (TPSA) is 123 Å². The molecule has 32 heavy (non-hydrogen) atoms. The maximum absolute atomic E-state index is 12.1. The van der Waals surface area contributed by atoms with Crippen LogP contribution in [0.1, 0.15) is 33.8 Å². The molecule has 1 aromatic carbocycles. The Morgan fingerprint density at radius 3 is 2.91 bits per heavy atom. The lowest BCUT2D eigenvalue weighted by Crippen LogP contribution is -2.12. The van der Waals surface area contributed by atoms with Gasteiger partial charge in [0.15, 0.2) is 0 Å². The first-order valence-electron chi connectivity index (χ1n) is 9.82. The summed E-state index contributed by atoms with van der Waals surface area (Å²) in [6, 6.07) is 14.6. The molecule has 1 amide bonds. The van der Waals surface area contributed by atoms with E-state index in [0.29, 0.717) is 22.7 Å². The van der Waals surface area contributed by atoms with Gasteiger partial charge in [0, 0.05) is 11.6 Å². The van der Waals surface area contributed by atoms with E-state index in [2.05, 4.69) is 11.1 Å². The monoisotopic (exact) mass is 448 g/mol. The van der Waals surface area contributed by atoms with Gasteiger partial charge in [0.1, 0.15) is 34.7 Å². The molecule has 8 nitrogen and oxygen atoms in total. The number of benzene rings is 1. The van der Waals surface area contributed by atoms with Crippen molar-refractivity contribution in [3.05, 3.63) is 70.9 Å². The molecule has 3 aromatic heterocycles. The van der Waals surface area contributed by atoms with Gasteiger partial charge in [0.05, 0.1) is 41.2 Å². The van der Waals surface area contributed by atoms with E-state index in [1.165, 1.54) is 11.3 Å². The number of hydrogen-bond donors (Lipinski definition) is 2. The van der Waals surface area contributed by atoms with Crippen LogP contribution in [0, 0.1) is 11.3 Å². The number of thiophene rings is 1. The third-order valence-electron chi connectivity index (χ3n) is 4.84. The molecule has 0 bridgehead atoms. The standard InChI is InChI=1S/C23H20N4O4S/c1-14(17-5-3-2-4-15(17)11-24)31-19-10-20(32-22(19)23(25)29)18-12-26-21-7-6-16(13-27(18)21)30-9-8-28/h2-7,10,12-14,28H,8-9H2,1H3,(H2,25,29). The van der Waals surface area contributed by atoms with Crippen LogP contribution >= 0.6 is 11.3 Å². The zero-order valence-electron chi connectivity index (χ0n) is 17.2. The molecule has 3 heterocycles. The van der Waals surface area contributed by atoms with Crippen LogP contribution in [0.3, 0.4) is 0 Å². The van der Waals surface area contributed by atoms with Crippen molar-refractivity contribution in [2.24, 2.45) is 5.73 Å². The number of primary amides is 1. The SMILES string of the molecule is CC(Oc1cc(-c2cnc3ccc(OCCO)cn23)sc1C(N)=O)c1ccccc1C#N. The Labute approximate surface area is 188 Å². The maximum atomic E-state index is 12.1. The van der Waals surface area contributed by atoms with E-state index in [1.54, 1.807) is 42.7 Å². The molecular weight excluding hydrogens is 428 g/mol. The van der Waals surface area contributed by atoms with Crippen molar-refractivity contribution in [2.45, 2.75) is 13.0 Å². The lowest BCUT2D eigenvalue weighted by molar-refractivity contribution is 0.0998. The zero-order valence-corrected chi connectivity index (χ0v) is 18.0. The van der Waals surface area contributed by atoms with Crippen LogP contribution in [0.5, 0.6) is 11.5 Å². The molecule has 3 N–H and O–H groups in total. The fourth-order valence-corrected chi connectivity index (χ4v) is 4.31. The highest BCUT2D eigenvalue weighted by molar-refractivity contribution is 7.17. The molecule has 0 fully saturated rings. The van der Waals surface area contributed by atoms with E-state index < -0.39 is 12.0 Å². The van der Waals surface area contributed by atoms with E-state index >= 15 is 0 Å². The first-order chi connectivity index (χ1) is 15.5. The summed E-state index contributed by atoms with van der Waals surface area (Å²) < 4.78 is 13.4. The predicted molar refractivity (Wildman–Crippen MR) is 120 cm³/mol. The minimum Gasteiger partial charge on any atom is -0.490 e. The van der Waals surface area contributed by atoms with Crippen molar-refractivity contribution < 1.29 is 19.4 Å². The quantitative estimate of drug-likeness (QED) is 0.425. The first-order valence-corrected chi connectivity index (χ1v) is 10.6. The third kappa shape index (κ3) is 4.14. The van der Waals surface area contributed by atoms with Gasteiger partial charge in [0.2, 0.25) is 0 Å². The van der Waals surface area contributed by atoms with Crippen LogP contribution in [0.15, 0.2) is 54.9 Å². The second kappa shape index (κ2) is 9.09. The van der Waals surface area contributed by atoms with Gasteiger partial charge in [-0.3, -0.25) is 9.20 Å². The number of aromatic nitrogens is 2. The van der Waals surface area contributed by atoms with E-state index in [9.17, 15) is 10.1 Å². The fourth-order valence-electron chi connectivity index (χ4n) is 3.36. The number of aliphatic hydroxyl groups is 1. The van der Waals surface area contributed by atoms with Gasteiger partial charge in [-0.05, 0) is 25.1 Å². The summed E-state index contributed by atoms with van der Waals surface area (Å²) in [7, 11) is 0. The number of hydrogen-bond acceptors (Lipinski definition) is 7. The molecule has 1 unspecified atom stereocenters. The molecule has 1 atom stereocenters. The molecule has 162 valence electrons. The van der Waals surface area contributed by atoms with Gasteiger partial charge in [-0.1, -0.05) is 18.2 Å². The van der Waals surface area contributed by atoms with Gasteiger partial charge < -0.3 is 20.3 Å².